The standard InChI is InChI=1S/C31H45NO2/c1-4-6-8-10-11-12-13-15-23-33-30-20-17-27(18-21-30)28-19-22-31(29(24-28)25-32)34-26(3)16-14-9-7-5-2/h17-22,24,26H,4-16,23H2,1-3H3. The highest BCUT2D eigenvalue weighted by molar-refractivity contribution is 5.67. The average Bonchev–Trinajstić information content (AvgIpc) is 2.86. The highest BCUT2D eigenvalue weighted by atomic mass is 16.5. The molecule has 2 aromatic carbocycles. The van der Waals surface area contributed by atoms with Crippen LogP contribution in [0.1, 0.15) is 110 Å². The minimum atomic E-state index is 0.118. The van der Waals surface area contributed by atoms with Crippen LogP contribution in [0.3, 0.4) is 0 Å². The average molecular weight is 464 g/mol. The van der Waals surface area contributed by atoms with E-state index in [1.165, 1.54) is 70.6 Å². The molecule has 0 saturated carbocycles. The first kappa shape index (κ1) is 27.8. The molecule has 0 bridgehead atoms. The minimum absolute atomic E-state index is 0.118. The van der Waals surface area contributed by atoms with Crippen LogP contribution in [0, 0.1) is 11.3 Å². The van der Waals surface area contributed by atoms with Crippen LogP contribution in [0.2, 0.25) is 0 Å². The summed E-state index contributed by atoms with van der Waals surface area (Å²) in [7, 11) is 0. The zero-order valence-corrected chi connectivity index (χ0v) is 21.8. The molecule has 0 aliphatic rings. The van der Waals surface area contributed by atoms with E-state index in [9.17, 15) is 5.26 Å². The molecule has 0 radical (unpaired) electrons. The summed E-state index contributed by atoms with van der Waals surface area (Å²) >= 11 is 0. The predicted molar refractivity (Wildman–Crippen MR) is 144 cm³/mol. The molecule has 3 heteroatoms. The maximum atomic E-state index is 9.66. The fourth-order valence-electron chi connectivity index (χ4n) is 4.20. The Morgan fingerprint density at radius 2 is 1.32 bits per heavy atom. The van der Waals surface area contributed by atoms with E-state index >= 15 is 0 Å². The molecule has 0 aromatic heterocycles. The van der Waals surface area contributed by atoms with Gasteiger partial charge in [-0.25, -0.2) is 0 Å². The van der Waals surface area contributed by atoms with Gasteiger partial charge in [-0.1, -0.05) is 96.3 Å². The van der Waals surface area contributed by atoms with Gasteiger partial charge in [-0.3, -0.25) is 0 Å². The third kappa shape index (κ3) is 10.6. The van der Waals surface area contributed by atoms with E-state index in [0.717, 1.165) is 36.3 Å². The highest BCUT2D eigenvalue weighted by Gasteiger charge is 2.10. The third-order valence-electron chi connectivity index (χ3n) is 6.35. The summed E-state index contributed by atoms with van der Waals surface area (Å²) in [6, 6.07) is 16.4. The number of nitriles is 1. The Morgan fingerprint density at radius 1 is 0.735 bits per heavy atom. The monoisotopic (exact) mass is 463 g/mol. The van der Waals surface area contributed by atoms with Crippen molar-refractivity contribution < 1.29 is 9.47 Å². The number of benzene rings is 2. The molecule has 0 amide bonds. The van der Waals surface area contributed by atoms with Gasteiger partial charge in [0.05, 0.1) is 18.3 Å². The first-order valence-corrected chi connectivity index (χ1v) is 13.6. The van der Waals surface area contributed by atoms with Crippen molar-refractivity contribution in [2.45, 2.75) is 110 Å². The minimum Gasteiger partial charge on any atom is -0.494 e. The number of unbranched alkanes of at least 4 members (excludes halogenated alkanes) is 10. The first-order valence-electron chi connectivity index (χ1n) is 13.6. The van der Waals surface area contributed by atoms with Crippen molar-refractivity contribution >= 4 is 0 Å². The van der Waals surface area contributed by atoms with Crippen molar-refractivity contribution in [3.8, 4) is 28.7 Å². The number of hydrogen-bond acceptors (Lipinski definition) is 3. The lowest BCUT2D eigenvalue weighted by Gasteiger charge is -2.16. The molecule has 34 heavy (non-hydrogen) atoms. The normalized spacial score (nSPS) is 11.7. The second-order valence-corrected chi connectivity index (χ2v) is 9.45. The van der Waals surface area contributed by atoms with Crippen LogP contribution in [0.5, 0.6) is 11.5 Å². The van der Waals surface area contributed by atoms with Gasteiger partial charge < -0.3 is 9.47 Å². The van der Waals surface area contributed by atoms with Gasteiger partial charge >= 0.3 is 0 Å². The summed E-state index contributed by atoms with van der Waals surface area (Å²) in [6.45, 7) is 7.35. The number of rotatable bonds is 18. The largest absolute Gasteiger partial charge is 0.494 e. The maximum absolute atomic E-state index is 9.66. The quantitative estimate of drug-likeness (QED) is 0.207. The van der Waals surface area contributed by atoms with Crippen LogP contribution in [-0.4, -0.2) is 12.7 Å². The van der Waals surface area contributed by atoms with E-state index in [4.69, 9.17) is 9.47 Å². The molecule has 1 unspecified atom stereocenters. The van der Waals surface area contributed by atoms with Gasteiger partial charge in [-0.05, 0) is 61.6 Å². The summed E-state index contributed by atoms with van der Waals surface area (Å²) in [4.78, 5) is 0. The highest BCUT2D eigenvalue weighted by Crippen LogP contribution is 2.29. The fourth-order valence-corrected chi connectivity index (χ4v) is 4.20. The molecule has 0 spiro atoms. The van der Waals surface area contributed by atoms with E-state index in [1.54, 1.807) is 0 Å². The summed E-state index contributed by atoms with van der Waals surface area (Å²) in [5.74, 6) is 1.59. The molecule has 186 valence electrons. The Balaban J connectivity index is 1.79. The SMILES string of the molecule is CCCCCCCCCCOc1ccc(-c2ccc(OC(C)CCCCCC)c(C#N)c2)cc1. The van der Waals surface area contributed by atoms with Crippen LogP contribution in [0.25, 0.3) is 11.1 Å². The molecule has 0 N–H and O–H groups in total. The Kier molecular flexibility index (Phi) is 13.9. The van der Waals surface area contributed by atoms with Gasteiger partial charge in [0, 0.05) is 0 Å². The molecule has 3 nitrogen and oxygen atoms in total. The van der Waals surface area contributed by atoms with Crippen molar-refractivity contribution in [2.75, 3.05) is 6.61 Å². The molecule has 0 fully saturated rings. The number of hydrogen-bond donors (Lipinski definition) is 0. The lowest BCUT2D eigenvalue weighted by molar-refractivity contribution is 0.206. The van der Waals surface area contributed by atoms with E-state index in [0.29, 0.717) is 11.3 Å². The topological polar surface area (TPSA) is 42.2 Å². The number of nitrogens with zero attached hydrogens (tertiary/aromatic N) is 1. The van der Waals surface area contributed by atoms with Crippen molar-refractivity contribution in [3.63, 3.8) is 0 Å². The lowest BCUT2D eigenvalue weighted by atomic mass is 10.0. The third-order valence-corrected chi connectivity index (χ3v) is 6.35. The van der Waals surface area contributed by atoms with Crippen molar-refractivity contribution in [3.05, 3.63) is 48.0 Å². The van der Waals surface area contributed by atoms with E-state index in [2.05, 4.69) is 39.0 Å². The Labute approximate surface area is 208 Å². The van der Waals surface area contributed by atoms with Crippen LogP contribution in [0.15, 0.2) is 42.5 Å². The predicted octanol–water partition coefficient (Wildman–Crippen LogP) is 9.48. The summed E-state index contributed by atoms with van der Waals surface area (Å²) in [6.07, 6.45) is 16.5. The van der Waals surface area contributed by atoms with Crippen LogP contribution >= 0.6 is 0 Å². The molecule has 2 aromatic rings. The molecule has 0 heterocycles. The van der Waals surface area contributed by atoms with Crippen molar-refractivity contribution in [2.24, 2.45) is 0 Å². The van der Waals surface area contributed by atoms with Crippen molar-refractivity contribution in [1.82, 2.24) is 0 Å². The Morgan fingerprint density at radius 3 is 1.97 bits per heavy atom. The van der Waals surface area contributed by atoms with Crippen LogP contribution in [0.4, 0.5) is 0 Å². The van der Waals surface area contributed by atoms with E-state index in [1.807, 2.05) is 30.3 Å². The van der Waals surface area contributed by atoms with E-state index < -0.39 is 0 Å². The molecular weight excluding hydrogens is 418 g/mol. The Hall–Kier alpha value is -2.47. The summed E-state index contributed by atoms with van der Waals surface area (Å²) in [5.41, 5.74) is 2.69. The van der Waals surface area contributed by atoms with Gasteiger partial charge in [0.25, 0.3) is 0 Å². The molecule has 0 saturated heterocycles. The van der Waals surface area contributed by atoms with Gasteiger partial charge in [-0.15, -0.1) is 0 Å². The zero-order chi connectivity index (χ0) is 24.4. The molecule has 0 aliphatic carbocycles. The molecule has 1 atom stereocenters. The Bertz CT molecular complexity index is 838. The first-order chi connectivity index (χ1) is 16.7. The maximum Gasteiger partial charge on any atom is 0.137 e. The fraction of sp³-hybridized carbons (Fsp3) is 0.581. The lowest BCUT2D eigenvalue weighted by Crippen LogP contribution is -2.12. The van der Waals surface area contributed by atoms with Crippen LogP contribution in [-0.2, 0) is 0 Å². The van der Waals surface area contributed by atoms with E-state index in [-0.39, 0.29) is 6.10 Å². The van der Waals surface area contributed by atoms with Gasteiger partial charge in [0.1, 0.15) is 17.6 Å². The summed E-state index contributed by atoms with van der Waals surface area (Å²) < 4.78 is 12.0. The molecular formula is C31H45NO2. The van der Waals surface area contributed by atoms with Gasteiger partial charge in [-0.2, -0.15) is 5.26 Å². The summed E-state index contributed by atoms with van der Waals surface area (Å²) in [5, 5.41) is 9.66. The van der Waals surface area contributed by atoms with Gasteiger partial charge in [0.15, 0.2) is 0 Å². The second-order valence-electron chi connectivity index (χ2n) is 9.45. The van der Waals surface area contributed by atoms with Crippen LogP contribution < -0.4 is 9.47 Å². The molecule has 2 rings (SSSR count). The van der Waals surface area contributed by atoms with Crippen molar-refractivity contribution in [1.29, 1.82) is 5.26 Å². The second kappa shape index (κ2) is 17.0. The number of ether oxygens (including phenoxy) is 2. The van der Waals surface area contributed by atoms with Gasteiger partial charge in [0.2, 0.25) is 0 Å². The smallest absolute Gasteiger partial charge is 0.137 e. The zero-order valence-electron chi connectivity index (χ0n) is 21.8. The molecule has 0 aliphatic heterocycles.